The highest BCUT2D eigenvalue weighted by molar-refractivity contribution is 5.89. The average molecular weight is 255 g/mol. The van der Waals surface area contributed by atoms with Gasteiger partial charge in [-0.1, -0.05) is 0 Å². The summed E-state index contributed by atoms with van der Waals surface area (Å²) in [5.41, 5.74) is 0.0378. The van der Waals surface area contributed by atoms with E-state index in [1.807, 2.05) is 0 Å². The third-order valence-electron chi connectivity index (χ3n) is 2.91. The van der Waals surface area contributed by atoms with Gasteiger partial charge in [0.05, 0.1) is 11.8 Å². The lowest BCUT2D eigenvalue weighted by molar-refractivity contribution is -0.140. The lowest BCUT2D eigenvalue weighted by atomic mass is 10.2. The number of carbonyl (C=O) groups excluding carboxylic acids is 1. The van der Waals surface area contributed by atoms with Crippen molar-refractivity contribution in [2.24, 2.45) is 11.8 Å². The van der Waals surface area contributed by atoms with Crippen molar-refractivity contribution in [2.45, 2.75) is 13.0 Å². The number of nitrogens with one attached hydrogen (secondary N) is 1. The molecule has 0 saturated heterocycles. The van der Waals surface area contributed by atoms with Gasteiger partial charge < -0.3 is 10.4 Å². The molecular weight excluding hydrogens is 244 g/mol. The number of benzene rings is 1. The number of hydrogen-bond acceptors (Lipinski definition) is 2. The van der Waals surface area contributed by atoms with Crippen LogP contribution >= 0.6 is 0 Å². The van der Waals surface area contributed by atoms with Crippen LogP contribution in [0.4, 0.5) is 8.78 Å². The molecule has 6 heteroatoms. The second kappa shape index (κ2) is 4.72. The Morgan fingerprint density at radius 2 is 2.06 bits per heavy atom. The number of carboxylic acid groups (broad SMARTS) is 1. The second-order valence-electron chi connectivity index (χ2n) is 4.24. The number of amides is 1. The molecule has 1 aliphatic carbocycles. The van der Waals surface area contributed by atoms with Gasteiger partial charge in [-0.05, 0) is 24.6 Å². The first-order chi connectivity index (χ1) is 8.49. The first-order valence-electron chi connectivity index (χ1n) is 5.43. The Balaban J connectivity index is 1.90. The minimum atomic E-state index is -1.01. The van der Waals surface area contributed by atoms with Crippen LogP contribution in [-0.2, 0) is 16.1 Å². The molecule has 1 aliphatic rings. The van der Waals surface area contributed by atoms with Gasteiger partial charge in [-0.25, -0.2) is 8.78 Å². The number of aliphatic carboxylic acids is 1. The third-order valence-corrected chi connectivity index (χ3v) is 2.91. The van der Waals surface area contributed by atoms with E-state index in [9.17, 15) is 18.4 Å². The first-order valence-corrected chi connectivity index (χ1v) is 5.43. The number of hydrogen-bond donors (Lipinski definition) is 2. The van der Waals surface area contributed by atoms with E-state index in [0.717, 1.165) is 18.2 Å². The summed E-state index contributed by atoms with van der Waals surface area (Å²) in [6.45, 7) is -0.148. The van der Waals surface area contributed by atoms with Gasteiger partial charge in [0, 0.05) is 12.1 Å². The van der Waals surface area contributed by atoms with Crippen LogP contribution in [-0.4, -0.2) is 17.0 Å². The van der Waals surface area contributed by atoms with Crippen LogP contribution in [0.1, 0.15) is 12.0 Å². The lowest BCUT2D eigenvalue weighted by Gasteiger charge is -2.05. The molecule has 0 aromatic heterocycles. The Bertz CT molecular complexity index is 504. The van der Waals surface area contributed by atoms with Crippen LogP contribution in [0, 0.1) is 23.5 Å². The number of carbonyl (C=O) groups is 2. The highest BCUT2D eigenvalue weighted by atomic mass is 19.1. The Morgan fingerprint density at radius 3 is 2.67 bits per heavy atom. The van der Waals surface area contributed by atoms with Gasteiger partial charge in [0.1, 0.15) is 11.6 Å². The van der Waals surface area contributed by atoms with Gasteiger partial charge in [-0.15, -0.1) is 0 Å². The largest absolute Gasteiger partial charge is 0.481 e. The van der Waals surface area contributed by atoms with Gasteiger partial charge in [-0.3, -0.25) is 9.59 Å². The number of rotatable bonds is 4. The van der Waals surface area contributed by atoms with Gasteiger partial charge in [0.2, 0.25) is 5.91 Å². The monoisotopic (exact) mass is 255 g/mol. The molecule has 1 amide bonds. The summed E-state index contributed by atoms with van der Waals surface area (Å²) in [6.07, 6.45) is 0.298. The van der Waals surface area contributed by atoms with Gasteiger partial charge >= 0.3 is 5.97 Å². The minimum Gasteiger partial charge on any atom is -0.481 e. The maximum atomic E-state index is 13.2. The quantitative estimate of drug-likeness (QED) is 0.852. The Hall–Kier alpha value is -1.98. The molecule has 4 nitrogen and oxygen atoms in total. The fourth-order valence-corrected chi connectivity index (χ4v) is 1.75. The molecule has 0 heterocycles. The van der Waals surface area contributed by atoms with E-state index in [0.29, 0.717) is 6.42 Å². The van der Waals surface area contributed by atoms with Crippen LogP contribution in [0.5, 0.6) is 0 Å². The van der Waals surface area contributed by atoms with Crippen molar-refractivity contribution < 1.29 is 23.5 Å². The molecule has 1 aromatic rings. The van der Waals surface area contributed by atoms with Gasteiger partial charge in [-0.2, -0.15) is 0 Å². The molecule has 2 rings (SSSR count). The van der Waals surface area contributed by atoms with E-state index < -0.39 is 35.3 Å². The van der Waals surface area contributed by atoms with E-state index >= 15 is 0 Å². The lowest BCUT2D eigenvalue weighted by Crippen LogP contribution is -2.26. The Morgan fingerprint density at radius 1 is 1.33 bits per heavy atom. The van der Waals surface area contributed by atoms with E-state index in [4.69, 9.17) is 5.11 Å². The predicted molar refractivity (Wildman–Crippen MR) is 57.4 cm³/mol. The van der Waals surface area contributed by atoms with E-state index in [1.54, 1.807) is 0 Å². The summed E-state index contributed by atoms with van der Waals surface area (Å²) in [4.78, 5) is 22.1. The fraction of sp³-hybridized carbons (Fsp3) is 0.333. The summed E-state index contributed by atoms with van der Waals surface area (Å²) in [7, 11) is 0. The van der Waals surface area contributed by atoms with Crippen molar-refractivity contribution in [3.05, 3.63) is 35.4 Å². The SMILES string of the molecule is O=C(O)[C@H]1C[C@H]1C(=O)NCc1cc(F)ccc1F. The van der Waals surface area contributed by atoms with Crippen molar-refractivity contribution in [1.82, 2.24) is 5.32 Å². The van der Waals surface area contributed by atoms with Crippen LogP contribution in [0.15, 0.2) is 18.2 Å². The molecule has 1 aromatic carbocycles. The molecule has 2 atom stereocenters. The highest BCUT2D eigenvalue weighted by Crippen LogP contribution is 2.38. The van der Waals surface area contributed by atoms with Crippen LogP contribution in [0.2, 0.25) is 0 Å². The zero-order valence-corrected chi connectivity index (χ0v) is 9.32. The van der Waals surface area contributed by atoms with Crippen molar-refractivity contribution in [2.75, 3.05) is 0 Å². The topological polar surface area (TPSA) is 66.4 Å². The standard InChI is InChI=1S/C12H11F2NO3/c13-7-1-2-10(14)6(3-7)5-15-11(16)8-4-9(8)12(17)18/h1-3,8-9H,4-5H2,(H,15,16)(H,17,18)/t8-,9+/m1/s1. The number of carboxylic acids is 1. The van der Waals surface area contributed by atoms with Gasteiger partial charge in [0.25, 0.3) is 0 Å². The molecule has 0 radical (unpaired) electrons. The highest BCUT2D eigenvalue weighted by Gasteiger charge is 2.48. The summed E-state index contributed by atoms with van der Waals surface area (Å²) in [5, 5.41) is 11.1. The molecule has 0 unspecified atom stereocenters. The summed E-state index contributed by atoms with van der Waals surface area (Å²) in [6, 6.07) is 2.97. The molecule has 0 bridgehead atoms. The maximum Gasteiger partial charge on any atom is 0.307 e. The molecule has 0 aliphatic heterocycles. The van der Waals surface area contributed by atoms with Crippen LogP contribution in [0.3, 0.4) is 0 Å². The van der Waals surface area contributed by atoms with E-state index in [-0.39, 0.29) is 12.1 Å². The molecule has 0 spiro atoms. The summed E-state index contributed by atoms with van der Waals surface area (Å²) < 4.78 is 26.1. The van der Waals surface area contributed by atoms with Crippen molar-refractivity contribution >= 4 is 11.9 Å². The van der Waals surface area contributed by atoms with Crippen molar-refractivity contribution in [3.8, 4) is 0 Å². The fourth-order valence-electron chi connectivity index (χ4n) is 1.75. The molecule has 1 saturated carbocycles. The summed E-state index contributed by atoms with van der Waals surface area (Å²) in [5.74, 6) is -3.85. The normalized spacial score (nSPS) is 21.4. The van der Waals surface area contributed by atoms with Gasteiger partial charge in [0.15, 0.2) is 0 Å². The third kappa shape index (κ3) is 2.64. The maximum absolute atomic E-state index is 13.2. The first kappa shape index (κ1) is 12.5. The molecule has 1 fully saturated rings. The molecule has 96 valence electrons. The second-order valence-corrected chi connectivity index (χ2v) is 4.24. The summed E-state index contributed by atoms with van der Waals surface area (Å²) >= 11 is 0. The Kier molecular flexibility index (Phi) is 3.27. The predicted octanol–water partition coefficient (Wildman–Crippen LogP) is 1.30. The smallest absolute Gasteiger partial charge is 0.307 e. The molecule has 2 N–H and O–H groups in total. The van der Waals surface area contributed by atoms with E-state index in [1.165, 1.54) is 0 Å². The minimum absolute atomic E-state index is 0.0378. The van der Waals surface area contributed by atoms with E-state index in [2.05, 4.69) is 5.32 Å². The zero-order chi connectivity index (χ0) is 13.3. The average Bonchev–Trinajstić information content (AvgIpc) is 3.10. The van der Waals surface area contributed by atoms with Crippen LogP contribution < -0.4 is 5.32 Å². The zero-order valence-electron chi connectivity index (χ0n) is 9.32. The van der Waals surface area contributed by atoms with Crippen LogP contribution in [0.25, 0.3) is 0 Å². The Labute approximate surface area is 102 Å². The molecular formula is C12H11F2NO3. The van der Waals surface area contributed by atoms with Crippen molar-refractivity contribution in [1.29, 1.82) is 0 Å². The van der Waals surface area contributed by atoms with Crippen molar-refractivity contribution in [3.63, 3.8) is 0 Å². The number of halogens is 2. The molecule has 18 heavy (non-hydrogen) atoms.